The lowest BCUT2D eigenvalue weighted by Gasteiger charge is -2.37. The molecule has 0 bridgehead atoms. The number of ether oxygens (including phenoxy) is 2. The first-order valence-electron chi connectivity index (χ1n) is 9.19. The number of sulfonamides is 1. The number of anilines is 1. The molecule has 0 N–H and O–H groups in total. The molecule has 2 aliphatic rings. The molecule has 0 radical (unpaired) electrons. The van der Waals surface area contributed by atoms with Gasteiger partial charge >= 0.3 is 0 Å². The fourth-order valence-electron chi connectivity index (χ4n) is 3.64. The van der Waals surface area contributed by atoms with Crippen LogP contribution in [0.15, 0.2) is 12.1 Å². The maximum Gasteiger partial charge on any atom is 0.217 e. The van der Waals surface area contributed by atoms with Gasteiger partial charge in [-0.1, -0.05) is 11.3 Å². The number of piperidine rings is 1. The smallest absolute Gasteiger partial charge is 0.217 e. The average molecular weight is 412 g/mol. The van der Waals surface area contributed by atoms with Crippen molar-refractivity contribution in [2.75, 3.05) is 39.3 Å². The lowest BCUT2D eigenvalue weighted by atomic mass is 10.1. The largest absolute Gasteiger partial charge is 0.495 e. The number of aromatic nitrogens is 1. The first kappa shape index (κ1) is 18.8. The van der Waals surface area contributed by atoms with Gasteiger partial charge in [0.25, 0.3) is 0 Å². The van der Waals surface area contributed by atoms with Crippen LogP contribution in [0.4, 0.5) is 5.13 Å². The topological polar surface area (TPSA) is 72.0 Å². The number of nitrogens with zero attached hydrogens (tertiary/aromatic N) is 3. The molecule has 2 heterocycles. The fraction of sp³-hybridized carbons (Fsp3) is 0.611. The van der Waals surface area contributed by atoms with E-state index in [1.807, 2.05) is 12.1 Å². The van der Waals surface area contributed by atoms with Gasteiger partial charge in [0, 0.05) is 26.2 Å². The Bertz CT molecular complexity index is 898. The van der Waals surface area contributed by atoms with Gasteiger partial charge in [0.1, 0.15) is 21.7 Å². The van der Waals surface area contributed by atoms with E-state index >= 15 is 0 Å². The molecule has 27 heavy (non-hydrogen) atoms. The van der Waals surface area contributed by atoms with E-state index < -0.39 is 10.0 Å². The predicted molar refractivity (Wildman–Crippen MR) is 108 cm³/mol. The molecule has 1 aromatic heterocycles. The van der Waals surface area contributed by atoms with Crippen LogP contribution in [0.25, 0.3) is 10.2 Å². The van der Waals surface area contributed by atoms with Gasteiger partial charge in [-0.25, -0.2) is 13.4 Å². The summed E-state index contributed by atoms with van der Waals surface area (Å²) in [5.74, 6) is 1.49. The summed E-state index contributed by atoms with van der Waals surface area (Å²) in [5, 5.41) is 0.712. The normalized spacial score (nSPS) is 21.0. The number of hydrogen-bond donors (Lipinski definition) is 0. The summed E-state index contributed by atoms with van der Waals surface area (Å²) in [5.41, 5.74) is 0.790. The maximum absolute atomic E-state index is 12.6. The van der Waals surface area contributed by atoms with Gasteiger partial charge in [0.05, 0.1) is 19.5 Å². The number of likely N-dealkylation sites (N-methyl/N-ethyl adjacent to an activating group) is 1. The second-order valence-electron chi connectivity index (χ2n) is 7.15. The van der Waals surface area contributed by atoms with Gasteiger partial charge in [-0.15, -0.1) is 0 Å². The van der Waals surface area contributed by atoms with Crippen LogP contribution >= 0.6 is 11.3 Å². The van der Waals surface area contributed by atoms with E-state index in [1.54, 1.807) is 36.9 Å². The SMILES string of the molecule is COc1ccc(OC)c2sc(N3CCCC(N(C)S(=O)(=O)C4CC4)C3)nc12. The summed E-state index contributed by atoms with van der Waals surface area (Å²) < 4.78 is 38.7. The van der Waals surface area contributed by atoms with Crippen LogP contribution in [0.5, 0.6) is 11.5 Å². The van der Waals surface area contributed by atoms with E-state index in [-0.39, 0.29) is 11.3 Å². The van der Waals surface area contributed by atoms with Gasteiger partial charge in [-0.2, -0.15) is 4.31 Å². The molecule has 1 atom stereocenters. The molecule has 0 amide bonds. The number of thiazole rings is 1. The second-order valence-corrected chi connectivity index (χ2v) is 10.4. The molecule has 9 heteroatoms. The van der Waals surface area contributed by atoms with Gasteiger partial charge in [0.15, 0.2) is 5.13 Å². The van der Waals surface area contributed by atoms with Crippen molar-refractivity contribution in [3.05, 3.63) is 12.1 Å². The Hall–Kier alpha value is -1.58. The molecule has 148 valence electrons. The predicted octanol–water partition coefficient (Wildman–Crippen LogP) is 2.71. The Kier molecular flexibility index (Phi) is 4.94. The van der Waals surface area contributed by atoms with E-state index in [0.717, 1.165) is 59.1 Å². The Labute approximate surface area is 163 Å². The molecule has 1 saturated carbocycles. The molecule has 1 aromatic carbocycles. The minimum Gasteiger partial charge on any atom is -0.495 e. The van der Waals surface area contributed by atoms with Crippen molar-refractivity contribution >= 4 is 36.7 Å². The Balaban J connectivity index is 1.61. The van der Waals surface area contributed by atoms with Crippen LogP contribution in [0, 0.1) is 0 Å². The van der Waals surface area contributed by atoms with E-state index in [4.69, 9.17) is 14.5 Å². The van der Waals surface area contributed by atoms with E-state index in [0.29, 0.717) is 6.54 Å². The van der Waals surface area contributed by atoms with E-state index in [2.05, 4.69) is 4.90 Å². The zero-order chi connectivity index (χ0) is 19.2. The van der Waals surface area contributed by atoms with E-state index in [9.17, 15) is 8.42 Å². The summed E-state index contributed by atoms with van der Waals surface area (Å²) in [6.45, 7) is 1.53. The fourth-order valence-corrected chi connectivity index (χ4v) is 6.54. The standard InChI is InChI=1S/C18H25N3O4S2/c1-20(27(22,23)13-6-7-13)12-5-4-10-21(11-12)18-19-16-14(24-2)8-9-15(25-3)17(16)26-18/h8-9,12-13H,4-7,10-11H2,1-3H3. The third kappa shape index (κ3) is 3.36. The minimum atomic E-state index is -3.17. The molecule has 1 unspecified atom stereocenters. The quantitative estimate of drug-likeness (QED) is 0.728. The third-order valence-corrected chi connectivity index (χ3v) is 8.97. The number of rotatable bonds is 6. The molecule has 2 fully saturated rings. The maximum atomic E-state index is 12.6. The van der Waals surface area contributed by atoms with Crippen LogP contribution in [-0.2, 0) is 10.0 Å². The molecule has 0 spiro atoms. The highest BCUT2D eigenvalue weighted by Gasteiger charge is 2.42. The van der Waals surface area contributed by atoms with Crippen LogP contribution in [-0.4, -0.2) is 63.4 Å². The summed E-state index contributed by atoms with van der Waals surface area (Å²) in [7, 11) is 1.84. The van der Waals surface area contributed by atoms with Crippen molar-refractivity contribution in [3.8, 4) is 11.5 Å². The second kappa shape index (κ2) is 7.10. The average Bonchev–Trinajstić information content (AvgIpc) is 3.46. The number of fused-ring (bicyclic) bond motifs is 1. The van der Waals surface area contributed by atoms with Crippen molar-refractivity contribution in [3.63, 3.8) is 0 Å². The van der Waals surface area contributed by atoms with Crippen LogP contribution in [0.2, 0.25) is 0 Å². The molecule has 1 aliphatic carbocycles. The monoisotopic (exact) mass is 411 g/mol. The molecular weight excluding hydrogens is 386 g/mol. The molecular formula is C18H25N3O4S2. The van der Waals surface area contributed by atoms with Crippen LogP contribution in [0.1, 0.15) is 25.7 Å². The molecule has 1 saturated heterocycles. The molecule has 2 aromatic rings. The molecule has 4 rings (SSSR count). The van der Waals surface area contributed by atoms with Gasteiger partial charge in [0.2, 0.25) is 10.0 Å². The molecule has 1 aliphatic heterocycles. The van der Waals surface area contributed by atoms with Crippen molar-refractivity contribution in [2.24, 2.45) is 0 Å². The Morgan fingerprint density at radius 1 is 1.19 bits per heavy atom. The number of benzene rings is 1. The summed E-state index contributed by atoms with van der Waals surface area (Å²) in [6.07, 6.45) is 3.41. The van der Waals surface area contributed by atoms with Gasteiger partial charge < -0.3 is 14.4 Å². The van der Waals surface area contributed by atoms with Crippen molar-refractivity contribution in [1.29, 1.82) is 0 Å². The highest BCUT2D eigenvalue weighted by atomic mass is 32.2. The first-order chi connectivity index (χ1) is 13.0. The van der Waals surface area contributed by atoms with Crippen LogP contribution < -0.4 is 14.4 Å². The van der Waals surface area contributed by atoms with Crippen molar-refractivity contribution in [1.82, 2.24) is 9.29 Å². The summed E-state index contributed by atoms with van der Waals surface area (Å²) in [4.78, 5) is 6.98. The lowest BCUT2D eigenvalue weighted by Crippen LogP contribution is -2.49. The minimum absolute atomic E-state index is 0.0137. The number of methoxy groups -OCH3 is 2. The Morgan fingerprint density at radius 2 is 1.89 bits per heavy atom. The first-order valence-corrected chi connectivity index (χ1v) is 11.5. The third-order valence-electron chi connectivity index (χ3n) is 5.43. The zero-order valence-corrected chi connectivity index (χ0v) is 17.5. The van der Waals surface area contributed by atoms with Gasteiger partial charge in [-0.05, 0) is 37.8 Å². The number of hydrogen-bond acceptors (Lipinski definition) is 7. The Morgan fingerprint density at radius 3 is 2.56 bits per heavy atom. The zero-order valence-electron chi connectivity index (χ0n) is 15.8. The highest BCUT2D eigenvalue weighted by Crippen LogP contribution is 2.41. The highest BCUT2D eigenvalue weighted by molar-refractivity contribution is 7.90. The lowest BCUT2D eigenvalue weighted by molar-refractivity contribution is 0.320. The summed E-state index contributed by atoms with van der Waals surface area (Å²) >= 11 is 1.57. The summed E-state index contributed by atoms with van der Waals surface area (Å²) in [6, 6.07) is 3.73. The molecule has 7 nitrogen and oxygen atoms in total. The van der Waals surface area contributed by atoms with Crippen molar-refractivity contribution < 1.29 is 17.9 Å². The van der Waals surface area contributed by atoms with E-state index in [1.165, 1.54) is 0 Å². The van der Waals surface area contributed by atoms with Crippen molar-refractivity contribution in [2.45, 2.75) is 37.0 Å². The van der Waals surface area contributed by atoms with Crippen LogP contribution in [0.3, 0.4) is 0 Å². The van der Waals surface area contributed by atoms with Gasteiger partial charge in [-0.3, -0.25) is 0 Å².